The third-order valence-electron chi connectivity index (χ3n) is 8.91. The van der Waals surface area contributed by atoms with Gasteiger partial charge in [0.15, 0.2) is 0 Å². The maximum Gasteiger partial charge on any atom is 0.410 e. The second kappa shape index (κ2) is 11.4. The number of rotatable bonds is 9. The van der Waals surface area contributed by atoms with Crippen molar-refractivity contribution in [2.45, 2.75) is 82.7 Å². The molecule has 2 saturated carbocycles. The fraction of sp³-hybridized carbons (Fsp3) is 0.600. The van der Waals surface area contributed by atoms with E-state index in [0.29, 0.717) is 54.0 Å². The first-order chi connectivity index (χ1) is 20.5. The summed E-state index contributed by atoms with van der Waals surface area (Å²) in [5.74, 6) is 0.502. The Kier molecular flexibility index (Phi) is 7.76. The van der Waals surface area contributed by atoms with Crippen molar-refractivity contribution in [3.63, 3.8) is 0 Å². The van der Waals surface area contributed by atoms with Crippen LogP contribution in [0.5, 0.6) is 5.75 Å². The second-order valence-corrected chi connectivity index (χ2v) is 12.4. The van der Waals surface area contributed by atoms with Crippen LogP contribution in [-0.4, -0.2) is 63.9 Å². The highest BCUT2D eigenvalue weighted by atomic mass is 19.4. The van der Waals surface area contributed by atoms with Crippen LogP contribution in [0.1, 0.15) is 80.5 Å². The number of benzene rings is 1. The van der Waals surface area contributed by atoms with Gasteiger partial charge < -0.3 is 25.6 Å². The molecule has 3 atom stereocenters. The van der Waals surface area contributed by atoms with Gasteiger partial charge in [-0.3, -0.25) is 14.3 Å². The molecule has 232 valence electrons. The molecule has 6 rings (SSSR count). The van der Waals surface area contributed by atoms with Crippen LogP contribution in [0, 0.1) is 17.8 Å². The SMILES string of the molecule is CC(C)n1nccc1C(=O)N[C@H](C(=O)Nc1ccc2c(c1)OCCC[C@H]2N1C[C@@H](C(F)(F)F)NC1=O)C(C1CC1)C1CC1. The van der Waals surface area contributed by atoms with Gasteiger partial charge in [0.2, 0.25) is 5.91 Å². The summed E-state index contributed by atoms with van der Waals surface area (Å²) >= 11 is 0. The summed E-state index contributed by atoms with van der Waals surface area (Å²) in [5.41, 5.74) is 1.43. The third-order valence-corrected chi connectivity index (χ3v) is 8.91. The molecule has 2 aromatic rings. The van der Waals surface area contributed by atoms with Gasteiger partial charge in [-0.1, -0.05) is 6.07 Å². The molecule has 10 nitrogen and oxygen atoms in total. The number of ether oxygens (including phenoxy) is 1. The Bertz CT molecular complexity index is 1370. The van der Waals surface area contributed by atoms with Crippen LogP contribution in [0.3, 0.4) is 0 Å². The Morgan fingerprint density at radius 1 is 1.09 bits per heavy atom. The monoisotopic (exact) mass is 602 g/mol. The molecule has 0 bridgehead atoms. The predicted octanol–water partition coefficient (Wildman–Crippen LogP) is 4.81. The number of urea groups is 1. The number of aromatic nitrogens is 2. The van der Waals surface area contributed by atoms with Gasteiger partial charge in [0.05, 0.1) is 19.2 Å². The van der Waals surface area contributed by atoms with E-state index in [9.17, 15) is 27.6 Å². The van der Waals surface area contributed by atoms with Crippen molar-refractivity contribution >= 4 is 23.5 Å². The zero-order chi connectivity index (χ0) is 30.5. The summed E-state index contributed by atoms with van der Waals surface area (Å²) in [6.07, 6.45) is 2.13. The van der Waals surface area contributed by atoms with Crippen LogP contribution in [0.15, 0.2) is 30.5 Å². The molecule has 4 amide bonds. The summed E-state index contributed by atoms with van der Waals surface area (Å²) < 4.78 is 47.6. The number of fused-ring (bicyclic) bond motifs is 1. The lowest BCUT2D eigenvalue weighted by Gasteiger charge is -2.28. The number of carbonyl (C=O) groups excluding carboxylic acids is 3. The number of halogens is 3. The van der Waals surface area contributed by atoms with Crippen LogP contribution in [0.25, 0.3) is 0 Å². The van der Waals surface area contributed by atoms with Gasteiger partial charge in [0.1, 0.15) is 23.5 Å². The molecule has 0 unspecified atom stereocenters. The topological polar surface area (TPSA) is 118 Å². The molecule has 1 aromatic heterocycles. The quantitative estimate of drug-likeness (QED) is 0.381. The Balaban J connectivity index is 1.22. The lowest BCUT2D eigenvalue weighted by molar-refractivity contribution is -0.150. The lowest BCUT2D eigenvalue weighted by Crippen LogP contribution is -2.50. The third kappa shape index (κ3) is 6.16. The molecular weight excluding hydrogens is 565 g/mol. The van der Waals surface area contributed by atoms with Crippen LogP contribution in [0.2, 0.25) is 0 Å². The van der Waals surface area contributed by atoms with Crippen LogP contribution < -0.4 is 20.7 Å². The molecular formula is C30H37F3N6O4. The fourth-order valence-electron chi connectivity index (χ4n) is 6.53. The molecule has 13 heteroatoms. The number of hydrogen-bond acceptors (Lipinski definition) is 5. The standard InChI is InChI=1S/C30H37F3N6O4/c1-16(2)39-22(11-12-34-39)27(40)37-26(25(17-5-6-17)18-7-8-18)28(41)35-19-9-10-20-21(4-3-13-43-23(20)14-19)38-15-24(30(31,32)33)36-29(38)42/h9-12,14,16-18,21,24-26H,3-8,13,15H2,1-2H3,(H,35,41)(H,36,42)(H,37,40)/t21-,24+,26+/m1/s1. The number of hydrogen-bond donors (Lipinski definition) is 3. The van der Waals surface area contributed by atoms with Crippen molar-refractivity contribution in [2.75, 3.05) is 18.5 Å². The first-order valence-electron chi connectivity index (χ1n) is 15.1. The highest BCUT2D eigenvalue weighted by Crippen LogP contribution is 2.51. The van der Waals surface area contributed by atoms with Crippen LogP contribution in [0.4, 0.5) is 23.7 Å². The average Bonchev–Trinajstić information content (AvgIpc) is 3.88. The molecule has 2 aliphatic carbocycles. The highest BCUT2D eigenvalue weighted by Gasteiger charge is 2.50. The summed E-state index contributed by atoms with van der Waals surface area (Å²) in [6, 6.07) is 2.60. The zero-order valence-electron chi connectivity index (χ0n) is 24.2. The maximum absolute atomic E-state index is 13.9. The summed E-state index contributed by atoms with van der Waals surface area (Å²) in [5, 5.41) is 12.3. The van der Waals surface area contributed by atoms with Crippen LogP contribution in [-0.2, 0) is 4.79 Å². The number of amides is 4. The molecule has 3 heterocycles. The van der Waals surface area contributed by atoms with E-state index in [-0.39, 0.29) is 23.8 Å². The van der Waals surface area contributed by atoms with Crippen molar-refractivity contribution in [3.05, 3.63) is 41.7 Å². The van der Waals surface area contributed by atoms with Gasteiger partial charge >= 0.3 is 12.2 Å². The smallest absolute Gasteiger partial charge is 0.410 e. The fourth-order valence-corrected chi connectivity index (χ4v) is 6.53. The number of anilines is 1. The Morgan fingerprint density at radius 2 is 1.81 bits per heavy atom. The highest BCUT2D eigenvalue weighted by molar-refractivity contribution is 6.01. The Hall–Kier alpha value is -3.77. The van der Waals surface area contributed by atoms with Gasteiger partial charge in [-0.25, -0.2) is 4.79 Å². The minimum atomic E-state index is -4.54. The molecule has 0 radical (unpaired) electrons. The molecule has 3 N–H and O–H groups in total. The predicted molar refractivity (Wildman–Crippen MR) is 150 cm³/mol. The van der Waals surface area contributed by atoms with Crippen molar-refractivity contribution in [2.24, 2.45) is 17.8 Å². The summed E-state index contributed by atoms with van der Waals surface area (Å²) in [6.45, 7) is 3.71. The Labute approximate surface area is 247 Å². The van der Waals surface area contributed by atoms with Crippen molar-refractivity contribution in [1.29, 1.82) is 0 Å². The molecule has 1 aromatic carbocycles. The van der Waals surface area contributed by atoms with Gasteiger partial charge in [-0.2, -0.15) is 18.3 Å². The van der Waals surface area contributed by atoms with Gasteiger partial charge in [0, 0.05) is 29.6 Å². The largest absolute Gasteiger partial charge is 0.493 e. The lowest BCUT2D eigenvalue weighted by atomic mass is 9.88. The minimum Gasteiger partial charge on any atom is -0.493 e. The van der Waals surface area contributed by atoms with E-state index in [0.717, 1.165) is 25.7 Å². The average molecular weight is 603 g/mol. The summed E-state index contributed by atoms with van der Waals surface area (Å²) in [4.78, 5) is 41.0. The first kappa shape index (κ1) is 29.3. The number of nitrogens with one attached hydrogen (secondary N) is 3. The van der Waals surface area contributed by atoms with E-state index in [1.54, 1.807) is 35.1 Å². The second-order valence-electron chi connectivity index (χ2n) is 12.4. The number of carbonyl (C=O) groups is 3. The van der Waals surface area contributed by atoms with E-state index < -0.39 is 36.9 Å². The van der Waals surface area contributed by atoms with Crippen molar-refractivity contribution in [3.8, 4) is 5.75 Å². The minimum absolute atomic E-state index is 0.0242. The van der Waals surface area contributed by atoms with E-state index in [1.807, 2.05) is 19.2 Å². The van der Waals surface area contributed by atoms with E-state index in [2.05, 4.69) is 15.7 Å². The van der Waals surface area contributed by atoms with Crippen LogP contribution >= 0.6 is 0 Å². The normalized spacial score (nSPS) is 23.0. The van der Waals surface area contributed by atoms with Gasteiger partial charge in [-0.15, -0.1) is 0 Å². The molecule has 3 fully saturated rings. The Morgan fingerprint density at radius 3 is 2.44 bits per heavy atom. The van der Waals surface area contributed by atoms with Gasteiger partial charge in [-0.05, 0) is 82.3 Å². The van der Waals surface area contributed by atoms with E-state index in [4.69, 9.17) is 4.74 Å². The maximum atomic E-state index is 13.9. The zero-order valence-corrected chi connectivity index (χ0v) is 24.2. The van der Waals surface area contributed by atoms with E-state index >= 15 is 0 Å². The van der Waals surface area contributed by atoms with Crippen molar-refractivity contribution < 1.29 is 32.3 Å². The number of nitrogens with zero attached hydrogens (tertiary/aromatic N) is 3. The van der Waals surface area contributed by atoms with Crippen molar-refractivity contribution in [1.82, 2.24) is 25.3 Å². The number of alkyl halides is 3. The molecule has 0 spiro atoms. The first-order valence-corrected chi connectivity index (χ1v) is 15.1. The summed E-state index contributed by atoms with van der Waals surface area (Å²) in [7, 11) is 0. The molecule has 1 saturated heterocycles. The van der Waals surface area contributed by atoms with E-state index in [1.165, 1.54) is 4.90 Å². The molecule has 43 heavy (non-hydrogen) atoms. The molecule has 4 aliphatic rings. The van der Waals surface area contributed by atoms with Gasteiger partial charge in [0.25, 0.3) is 5.91 Å². The molecule has 2 aliphatic heterocycles.